The summed E-state index contributed by atoms with van der Waals surface area (Å²) in [5.41, 5.74) is 2.75. The Labute approximate surface area is 194 Å². The minimum atomic E-state index is -0.738. The molecule has 2 aromatic carbocycles. The molecule has 0 saturated carbocycles. The average Bonchev–Trinajstić information content (AvgIpc) is 2.87. The van der Waals surface area contributed by atoms with Gasteiger partial charge in [-0.1, -0.05) is 48.1 Å². The van der Waals surface area contributed by atoms with E-state index in [2.05, 4.69) is 6.08 Å². The van der Waals surface area contributed by atoms with Crippen LogP contribution in [-0.2, 0) is 22.7 Å². The molecular formula is C26H29NO6. The number of rotatable bonds is 9. The molecule has 3 rings (SSSR count). The van der Waals surface area contributed by atoms with Crippen LogP contribution in [0.15, 0.2) is 72.3 Å². The first-order valence-corrected chi connectivity index (χ1v) is 10.8. The standard InChI is InChI=1S/C26H29NO6/c1-30-23-12-8-21(9-13-23)18-32-25(28)27(17-16-20-6-4-3-5-7-20)26(29)33-19-22-10-14-24(31-2)15-11-22/h3-4,6,8-15H,5,7,16-19H2,1-2H3. The first-order valence-electron chi connectivity index (χ1n) is 10.8. The summed E-state index contributed by atoms with van der Waals surface area (Å²) in [5, 5.41) is 0. The lowest BCUT2D eigenvalue weighted by Gasteiger charge is -2.21. The van der Waals surface area contributed by atoms with Crippen LogP contribution in [0.2, 0.25) is 0 Å². The molecule has 0 bridgehead atoms. The monoisotopic (exact) mass is 451 g/mol. The van der Waals surface area contributed by atoms with E-state index in [1.54, 1.807) is 62.8 Å². The molecule has 0 aliphatic heterocycles. The van der Waals surface area contributed by atoms with Gasteiger partial charge in [0.25, 0.3) is 0 Å². The molecule has 0 unspecified atom stereocenters. The first-order chi connectivity index (χ1) is 16.1. The lowest BCUT2D eigenvalue weighted by atomic mass is 10.0. The fraction of sp³-hybridized carbons (Fsp3) is 0.308. The number of nitrogens with zero attached hydrogens (tertiary/aromatic N) is 1. The zero-order chi connectivity index (χ0) is 23.5. The van der Waals surface area contributed by atoms with Crippen molar-refractivity contribution in [3.63, 3.8) is 0 Å². The highest BCUT2D eigenvalue weighted by Gasteiger charge is 2.25. The molecule has 0 heterocycles. The molecule has 7 heteroatoms. The molecule has 2 amide bonds. The topological polar surface area (TPSA) is 74.3 Å². The molecule has 7 nitrogen and oxygen atoms in total. The fourth-order valence-electron chi connectivity index (χ4n) is 3.26. The first kappa shape index (κ1) is 23.9. The lowest BCUT2D eigenvalue weighted by molar-refractivity contribution is 0.0701. The van der Waals surface area contributed by atoms with Gasteiger partial charge in [0, 0.05) is 6.54 Å². The Balaban J connectivity index is 1.61. The van der Waals surface area contributed by atoms with Crippen LogP contribution in [0.1, 0.15) is 30.4 Å². The molecule has 0 saturated heterocycles. The van der Waals surface area contributed by atoms with Crippen LogP contribution in [0.4, 0.5) is 9.59 Å². The molecule has 1 aliphatic carbocycles. The highest BCUT2D eigenvalue weighted by atomic mass is 16.6. The van der Waals surface area contributed by atoms with Crippen LogP contribution >= 0.6 is 0 Å². The third-order valence-corrected chi connectivity index (χ3v) is 5.24. The van der Waals surface area contributed by atoms with Crippen LogP contribution in [0.25, 0.3) is 0 Å². The molecule has 0 aromatic heterocycles. The van der Waals surface area contributed by atoms with Crippen molar-refractivity contribution in [2.75, 3.05) is 20.8 Å². The average molecular weight is 452 g/mol. The predicted octanol–water partition coefficient (Wildman–Crippen LogP) is 5.65. The van der Waals surface area contributed by atoms with E-state index in [0.29, 0.717) is 17.9 Å². The highest BCUT2D eigenvalue weighted by Crippen LogP contribution is 2.18. The van der Waals surface area contributed by atoms with Crippen molar-refractivity contribution in [1.29, 1.82) is 0 Å². The summed E-state index contributed by atoms with van der Waals surface area (Å²) in [5.74, 6) is 1.42. The second kappa shape index (κ2) is 12.3. The molecule has 0 radical (unpaired) electrons. The van der Waals surface area contributed by atoms with Gasteiger partial charge in [-0.3, -0.25) is 0 Å². The van der Waals surface area contributed by atoms with E-state index in [-0.39, 0.29) is 19.8 Å². The van der Waals surface area contributed by atoms with Gasteiger partial charge in [-0.15, -0.1) is 0 Å². The maximum atomic E-state index is 12.8. The van der Waals surface area contributed by atoms with Gasteiger partial charge < -0.3 is 18.9 Å². The van der Waals surface area contributed by atoms with Crippen LogP contribution < -0.4 is 9.47 Å². The summed E-state index contributed by atoms with van der Waals surface area (Å²) >= 11 is 0. The van der Waals surface area contributed by atoms with Crippen LogP contribution in [-0.4, -0.2) is 37.9 Å². The number of hydrogen-bond acceptors (Lipinski definition) is 6. The second-order valence-electron chi connectivity index (χ2n) is 7.50. The third-order valence-electron chi connectivity index (χ3n) is 5.24. The van der Waals surface area contributed by atoms with E-state index in [9.17, 15) is 9.59 Å². The number of carbonyl (C=O) groups excluding carboxylic acids is 2. The van der Waals surface area contributed by atoms with Gasteiger partial charge in [0.15, 0.2) is 0 Å². The van der Waals surface area contributed by atoms with Crippen molar-refractivity contribution < 1.29 is 28.5 Å². The van der Waals surface area contributed by atoms with Crippen molar-refractivity contribution in [3.8, 4) is 11.5 Å². The van der Waals surface area contributed by atoms with Crippen molar-refractivity contribution in [3.05, 3.63) is 83.5 Å². The largest absolute Gasteiger partial charge is 0.497 e. The Hall–Kier alpha value is -3.74. The SMILES string of the molecule is COc1ccc(COC(=O)N(CCC2=CC=CCC2)C(=O)OCc2ccc(OC)cc2)cc1. The van der Waals surface area contributed by atoms with Crippen LogP contribution in [0.3, 0.4) is 0 Å². The van der Waals surface area contributed by atoms with Gasteiger partial charge in [-0.05, 0) is 54.7 Å². The fourth-order valence-corrected chi connectivity index (χ4v) is 3.26. The molecular weight excluding hydrogens is 422 g/mol. The quantitative estimate of drug-likeness (QED) is 0.491. The number of imide groups is 1. The van der Waals surface area contributed by atoms with Crippen LogP contribution in [0, 0.1) is 0 Å². The Morgan fingerprint density at radius 2 is 1.33 bits per heavy atom. The molecule has 0 spiro atoms. The number of benzene rings is 2. The number of ether oxygens (including phenoxy) is 4. The normalized spacial score (nSPS) is 12.5. The maximum absolute atomic E-state index is 12.8. The molecule has 0 N–H and O–H groups in total. The van der Waals surface area contributed by atoms with Crippen molar-refractivity contribution in [2.45, 2.75) is 32.5 Å². The number of carbonyl (C=O) groups is 2. The number of methoxy groups -OCH3 is 2. The number of allylic oxidation sites excluding steroid dienone is 3. The molecule has 0 atom stereocenters. The van der Waals surface area contributed by atoms with E-state index >= 15 is 0 Å². The van der Waals surface area contributed by atoms with E-state index in [1.807, 2.05) is 12.2 Å². The van der Waals surface area contributed by atoms with Gasteiger partial charge in [-0.2, -0.15) is 0 Å². The molecule has 0 fully saturated rings. The molecule has 2 aromatic rings. The van der Waals surface area contributed by atoms with E-state index in [4.69, 9.17) is 18.9 Å². The Morgan fingerprint density at radius 3 is 1.76 bits per heavy atom. The Bertz CT molecular complexity index is 915. The number of hydrogen-bond donors (Lipinski definition) is 0. The zero-order valence-corrected chi connectivity index (χ0v) is 19.0. The lowest BCUT2D eigenvalue weighted by Crippen LogP contribution is -2.38. The van der Waals surface area contributed by atoms with Gasteiger partial charge in [0.1, 0.15) is 24.7 Å². The minimum Gasteiger partial charge on any atom is -0.497 e. The van der Waals surface area contributed by atoms with Crippen molar-refractivity contribution in [2.24, 2.45) is 0 Å². The summed E-state index contributed by atoms with van der Waals surface area (Å²) in [6.45, 7) is 0.260. The molecule has 33 heavy (non-hydrogen) atoms. The van der Waals surface area contributed by atoms with Crippen molar-refractivity contribution in [1.82, 2.24) is 4.90 Å². The summed E-state index contributed by atoms with van der Waals surface area (Å²) in [6.07, 6.45) is 7.06. The third kappa shape index (κ3) is 7.42. The van der Waals surface area contributed by atoms with Crippen molar-refractivity contribution >= 4 is 12.2 Å². The maximum Gasteiger partial charge on any atom is 0.419 e. The summed E-state index contributed by atoms with van der Waals surface area (Å²) < 4.78 is 21.1. The summed E-state index contributed by atoms with van der Waals surface area (Å²) in [4.78, 5) is 26.6. The zero-order valence-electron chi connectivity index (χ0n) is 19.0. The molecule has 174 valence electrons. The van der Waals surface area contributed by atoms with Gasteiger partial charge in [-0.25, -0.2) is 14.5 Å². The second-order valence-corrected chi connectivity index (χ2v) is 7.50. The highest BCUT2D eigenvalue weighted by molar-refractivity contribution is 5.87. The van der Waals surface area contributed by atoms with E-state index in [0.717, 1.165) is 28.9 Å². The van der Waals surface area contributed by atoms with Gasteiger partial charge in [0.2, 0.25) is 0 Å². The van der Waals surface area contributed by atoms with Gasteiger partial charge >= 0.3 is 12.2 Å². The molecule has 1 aliphatic rings. The number of amides is 2. The van der Waals surface area contributed by atoms with E-state index in [1.165, 1.54) is 5.57 Å². The van der Waals surface area contributed by atoms with Crippen LogP contribution in [0.5, 0.6) is 11.5 Å². The van der Waals surface area contributed by atoms with Gasteiger partial charge in [0.05, 0.1) is 14.2 Å². The van der Waals surface area contributed by atoms with E-state index < -0.39 is 12.2 Å². The predicted molar refractivity (Wildman–Crippen MR) is 124 cm³/mol. The minimum absolute atomic E-state index is 0.0382. The summed E-state index contributed by atoms with van der Waals surface area (Å²) in [7, 11) is 3.17. The summed E-state index contributed by atoms with van der Waals surface area (Å²) in [6, 6.07) is 14.4. The Kier molecular flexibility index (Phi) is 8.94. The Morgan fingerprint density at radius 1 is 0.818 bits per heavy atom. The smallest absolute Gasteiger partial charge is 0.419 e.